The van der Waals surface area contributed by atoms with Gasteiger partial charge in [-0.2, -0.15) is 0 Å². The molecule has 0 unspecified atom stereocenters. The van der Waals surface area contributed by atoms with Crippen molar-refractivity contribution in [2.45, 2.75) is 45.7 Å². The van der Waals surface area contributed by atoms with Gasteiger partial charge in [0.05, 0.1) is 6.54 Å². The molecule has 1 aromatic carbocycles. The standard InChI is InChI=1S/C21H33N3O/c1-17-12-18(2)14-24(13-17)16-21(25)22-20-8-10-23(11-9-20)15-19-6-4-3-5-7-19/h3-7,17-18,20H,8-16H2,1-2H3,(H,22,25)/t17-,18+. The molecule has 2 atom stereocenters. The molecule has 2 fully saturated rings. The molecular weight excluding hydrogens is 310 g/mol. The van der Waals surface area contributed by atoms with Crippen LogP contribution in [0, 0.1) is 11.8 Å². The van der Waals surface area contributed by atoms with Gasteiger partial charge in [0.2, 0.25) is 5.91 Å². The Morgan fingerprint density at radius 1 is 1.04 bits per heavy atom. The number of hydrogen-bond donors (Lipinski definition) is 1. The molecule has 4 nitrogen and oxygen atoms in total. The highest BCUT2D eigenvalue weighted by Gasteiger charge is 2.25. The first-order chi connectivity index (χ1) is 12.1. The first kappa shape index (κ1) is 18.4. The van der Waals surface area contributed by atoms with Gasteiger partial charge >= 0.3 is 0 Å². The minimum atomic E-state index is 0.211. The fourth-order valence-corrected chi connectivity index (χ4v) is 4.47. The summed E-state index contributed by atoms with van der Waals surface area (Å²) >= 11 is 0. The van der Waals surface area contributed by atoms with E-state index >= 15 is 0 Å². The maximum Gasteiger partial charge on any atom is 0.234 e. The monoisotopic (exact) mass is 343 g/mol. The van der Waals surface area contributed by atoms with Crippen LogP contribution < -0.4 is 5.32 Å². The van der Waals surface area contributed by atoms with E-state index in [1.165, 1.54) is 12.0 Å². The zero-order valence-corrected chi connectivity index (χ0v) is 15.8. The highest BCUT2D eigenvalue weighted by Crippen LogP contribution is 2.20. The molecule has 2 heterocycles. The van der Waals surface area contributed by atoms with Crippen LogP contribution in [0.3, 0.4) is 0 Å². The van der Waals surface area contributed by atoms with Gasteiger partial charge < -0.3 is 5.32 Å². The Morgan fingerprint density at radius 3 is 2.32 bits per heavy atom. The Labute approximate surface area is 152 Å². The van der Waals surface area contributed by atoms with E-state index in [2.05, 4.69) is 59.3 Å². The molecule has 0 aliphatic carbocycles. The molecular formula is C21H33N3O. The van der Waals surface area contributed by atoms with Crippen molar-refractivity contribution in [3.8, 4) is 0 Å². The average molecular weight is 344 g/mol. The fourth-order valence-electron chi connectivity index (χ4n) is 4.47. The van der Waals surface area contributed by atoms with E-state index in [4.69, 9.17) is 0 Å². The van der Waals surface area contributed by atoms with E-state index in [0.717, 1.165) is 45.6 Å². The van der Waals surface area contributed by atoms with Crippen molar-refractivity contribution < 1.29 is 4.79 Å². The van der Waals surface area contributed by atoms with Crippen molar-refractivity contribution >= 4 is 5.91 Å². The van der Waals surface area contributed by atoms with Crippen LogP contribution in [0.2, 0.25) is 0 Å². The molecule has 0 aromatic heterocycles. The van der Waals surface area contributed by atoms with Gasteiger partial charge in [0.25, 0.3) is 0 Å². The van der Waals surface area contributed by atoms with Crippen LogP contribution in [0.5, 0.6) is 0 Å². The minimum Gasteiger partial charge on any atom is -0.352 e. The van der Waals surface area contributed by atoms with E-state index in [-0.39, 0.29) is 5.91 Å². The number of amides is 1. The molecule has 138 valence electrons. The highest BCUT2D eigenvalue weighted by molar-refractivity contribution is 5.78. The van der Waals surface area contributed by atoms with E-state index in [1.807, 2.05) is 0 Å². The van der Waals surface area contributed by atoms with Crippen LogP contribution >= 0.6 is 0 Å². The Balaban J connectivity index is 1.37. The van der Waals surface area contributed by atoms with E-state index in [1.54, 1.807) is 0 Å². The number of hydrogen-bond acceptors (Lipinski definition) is 3. The van der Waals surface area contributed by atoms with Gasteiger partial charge in [-0.15, -0.1) is 0 Å². The van der Waals surface area contributed by atoms with Crippen LogP contribution in [0.4, 0.5) is 0 Å². The van der Waals surface area contributed by atoms with E-state index < -0.39 is 0 Å². The van der Waals surface area contributed by atoms with Crippen molar-refractivity contribution in [2.24, 2.45) is 11.8 Å². The normalized spacial score (nSPS) is 26.5. The molecule has 1 N–H and O–H groups in total. The van der Waals surface area contributed by atoms with Gasteiger partial charge in [0.15, 0.2) is 0 Å². The maximum atomic E-state index is 12.4. The number of carbonyl (C=O) groups is 1. The maximum absolute atomic E-state index is 12.4. The smallest absolute Gasteiger partial charge is 0.234 e. The summed E-state index contributed by atoms with van der Waals surface area (Å²) in [7, 11) is 0. The molecule has 0 bridgehead atoms. The van der Waals surface area contributed by atoms with Crippen LogP contribution in [0.15, 0.2) is 30.3 Å². The van der Waals surface area contributed by atoms with Crippen molar-refractivity contribution in [1.29, 1.82) is 0 Å². The van der Waals surface area contributed by atoms with Gasteiger partial charge in [-0.1, -0.05) is 44.2 Å². The Morgan fingerprint density at radius 2 is 1.68 bits per heavy atom. The molecule has 2 saturated heterocycles. The Hall–Kier alpha value is -1.39. The third-order valence-corrected chi connectivity index (χ3v) is 5.51. The highest BCUT2D eigenvalue weighted by atomic mass is 16.2. The third kappa shape index (κ3) is 5.82. The summed E-state index contributed by atoms with van der Waals surface area (Å²) in [5, 5.41) is 3.27. The fraction of sp³-hybridized carbons (Fsp3) is 0.667. The quantitative estimate of drug-likeness (QED) is 0.893. The second-order valence-electron chi connectivity index (χ2n) is 8.24. The summed E-state index contributed by atoms with van der Waals surface area (Å²) in [6, 6.07) is 11.0. The van der Waals surface area contributed by atoms with Crippen molar-refractivity contribution in [3.05, 3.63) is 35.9 Å². The molecule has 25 heavy (non-hydrogen) atoms. The lowest BCUT2D eigenvalue weighted by atomic mass is 9.92. The van der Waals surface area contributed by atoms with E-state index in [0.29, 0.717) is 24.4 Å². The third-order valence-electron chi connectivity index (χ3n) is 5.51. The predicted octanol–water partition coefficient (Wildman–Crippen LogP) is 2.75. The lowest BCUT2D eigenvalue weighted by Crippen LogP contribution is -2.49. The number of nitrogens with zero attached hydrogens (tertiary/aromatic N) is 2. The van der Waals surface area contributed by atoms with Crippen molar-refractivity contribution in [2.75, 3.05) is 32.7 Å². The molecule has 1 amide bonds. The molecule has 0 radical (unpaired) electrons. The SMILES string of the molecule is C[C@@H]1C[C@H](C)CN(CC(=O)NC2CCN(Cc3ccccc3)CC2)C1. The lowest BCUT2D eigenvalue weighted by molar-refractivity contribution is -0.123. The number of benzene rings is 1. The molecule has 0 saturated carbocycles. The second-order valence-corrected chi connectivity index (χ2v) is 8.24. The molecule has 4 heteroatoms. The summed E-state index contributed by atoms with van der Waals surface area (Å²) in [6.45, 7) is 10.4. The summed E-state index contributed by atoms with van der Waals surface area (Å²) in [6.07, 6.45) is 3.41. The number of piperidine rings is 2. The second kappa shape index (κ2) is 8.81. The zero-order valence-electron chi connectivity index (χ0n) is 15.8. The number of carbonyl (C=O) groups excluding carboxylic acids is 1. The van der Waals surface area contributed by atoms with Crippen LogP contribution in [-0.2, 0) is 11.3 Å². The number of rotatable bonds is 5. The predicted molar refractivity (Wildman–Crippen MR) is 102 cm³/mol. The zero-order chi connectivity index (χ0) is 17.6. The molecule has 3 rings (SSSR count). The Bertz CT molecular complexity index is 529. The van der Waals surface area contributed by atoms with Crippen LogP contribution in [0.25, 0.3) is 0 Å². The van der Waals surface area contributed by atoms with E-state index in [9.17, 15) is 4.79 Å². The molecule has 2 aliphatic heterocycles. The van der Waals surface area contributed by atoms with Gasteiger partial charge in [-0.3, -0.25) is 14.6 Å². The van der Waals surface area contributed by atoms with Crippen LogP contribution in [-0.4, -0.2) is 54.5 Å². The lowest BCUT2D eigenvalue weighted by Gasteiger charge is -2.35. The molecule has 2 aliphatic rings. The largest absolute Gasteiger partial charge is 0.352 e. The summed E-state index contributed by atoms with van der Waals surface area (Å²) in [5.41, 5.74) is 1.37. The molecule has 1 aromatic rings. The summed E-state index contributed by atoms with van der Waals surface area (Å²) < 4.78 is 0. The van der Waals surface area contributed by atoms with Crippen molar-refractivity contribution in [1.82, 2.24) is 15.1 Å². The molecule has 0 spiro atoms. The summed E-state index contributed by atoms with van der Waals surface area (Å²) in [5.74, 6) is 1.62. The minimum absolute atomic E-state index is 0.211. The van der Waals surface area contributed by atoms with Gasteiger partial charge in [-0.25, -0.2) is 0 Å². The van der Waals surface area contributed by atoms with Gasteiger partial charge in [0, 0.05) is 38.8 Å². The topological polar surface area (TPSA) is 35.6 Å². The van der Waals surface area contributed by atoms with Crippen molar-refractivity contribution in [3.63, 3.8) is 0 Å². The first-order valence-corrected chi connectivity index (χ1v) is 9.86. The average Bonchev–Trinajstić information content (AvgIpc) is 2.56. The Kier molecular flexibility index (Phi) is 6.49. The summed E-state index contributed by atoms with van der Waals surface area (Å²) in [4.78, 5) is 17.2. The number of likely N-dealkylation sites (tertiary alicyclic amines) is 2. The first-order valence-electron chi connectivity index (χ1n) is 9.86. The van der Waals surface area contributed by atoms with Crippen LogP contribution in [0.1, 0.15) is 38.7 Å². The van der Waals surface area contributed by atoms with Gasteiger partial charge in [0.1, 0.15) is 0 Å². The van der Waals surface area contributed by atoms with Gasteiger partial charge in [-0.05, 0) is 36.7 Å². The number of nitrogens with one attached hydrogen (secondary N) is 1.